The van der Waals surface area contributed by atoms with Gasteiger partial charge in [0.2, 0.25) is 0 Å². The van der Waals surface area contributed by atoms with Crippen LogP contribution < -0.4 is 5.32 Å². The Balaban J connectivity index is 0.000000200. The predicted molar refractivity (Wildman–Crippen MR) is 119 cm³/mol. The highest BCUT2D eigenvalue weighted by atomic mass is 16.1. The van der Waals surface area contributed by atoms with Crippen molar-refractivity contribution in [3.05, 3.63) is 51.8 Å². The molecule has 0 bridgehead atoms. The van der Waals surface area contributed by atoms with Crippen LogP contribution in [0.1, 0.15) is 84.4 Å². The van der Waals surface area contributed by atoms with Crippen LogP contribution in [0, 0.1) is 19.8 Å². The maximum atomic E-state index is 12.4. The highest BCUT2D eigenvalue weighted by molar-refractivity contribution is 5.96. The summed E-state index contributed by atoms with van der Waals surface area (Å²) >= 11 is 0. The number of nitrogens with one attached hydrogen (secondary N) is 1. The van der Waals surface area contributed by atoms with Crippen molar-refractivity contribution in [2.75, 3.05) is 0 Å². The third-order valence-electron chi connectivity index (χ3n) is 6.56. The zero-order valence-corrected chi connectivity index (χ0v) is 18.8. The van der Waals surface area contributed by atoms with E-state index in [0.717, 1.165) is 41.9 Å². The lowest BCUT2D eigenvalue weighted by Gasteiger charge is -2.27. The van der Waals surface area contributed by atoms with E-state index in [1.165, 1.54) is 49.1 Å². The number of nitrogens with zero attached hydrogens (tertiary/aromatic N) is 2. The third-order valence-corrected chi connectivity index (χ3v) is 6.56. The molecule has 158 valence electrons. The standard InChI is InChI=1S/C17H25NO.C8H12N2/c1-4-14-8-5-13(3)11-16(14)17(19)18-15-9-6-12(2)7-10-15;1-6-7-4-3-5-8(7)10(2)9-6/h5,8,11-12,15H,4,6-7,9-10H2,1-3H3,(H,18,19);3-5H2,1-2H3. The number of carbonyl (C=O) groups is 1. The van der Waals surface area contributed by atoms with Crippen LogP contribution in [0.2, 0.25) is 0 Å². The summed E-state index contributed by atoms with van der Waals surface area (Å²) in [6.45, 7) is 8.54. The molecule has 1 aromatic carbocycles. The molecule has 0 unspecified atom stereocenters. The molecule has 2 aliphatic rings. The summed E-state index contributed by atoms with van der Waals surface area (Å²) < 4.78 is 2.03. The monoisotopic (exact) mass is 395 g/mol. The first-order chi connectivity index (χ1) is 13.9. The number of aryl methyl sites for hydroxylation is 4. The van der Waals surface area contributed by atoms with Gasteiger partial charge in [-0.1, -0.05) is 31.5 Å². The maximum Gasteiger partial charge on any atom is 0.251 e. The second kappa shape index (κ2) is 9.60. The Morgan fingerprint density at radius 3 is 2.55 bits per heavy atom. The average Bonchev–Trinajstić information content (AvgIpc) is 3.29. The van der Waals surface area contributed by atoms with E-state index in [-0.39, 0.29) is 5.91 Å². The summed E-state index contributed by atoms with van der Waals surface area (Å²) in [4.78, 5) is 12.4. The molecule has 1 aromatic heterocycles. The van der Waals surface area contributed by atoms with Crippen LogP contribution in [0.15, 0.2) is 18.2 Å². The molecule has 0 radical (unpaired) electrons. The largest absolute Gasteiger partial charge is 0.349 e. The Morgan fingerprint density at radius 2 is 1.90 bits per heavy atom. The lowest BCUT2D eigenvalue weighted by molar-refractivity contribution is 0.0922. The zero-order chi connectivity index (χ0) is 21.0. The van der Waals surface area contributed by atoms with Gasteiger partial charge in [0.25, 0.3) is 5.91 Å². The minimum Gasteiger partial charge on any atom is -0.349 e. The van der Waals surface area contributed by atoms with E-state index >= 15 is 0 Å². The van der Waals surface area contributed by atoms with Gasteiger partial charge in [-0.15, -0.1) is 0 Å². The molecule has 1 heterocycles. The molecule has 1 amide bonds. The number of amides is 1. The minimum absolute atomic E-state index is 0.111. The summed E-state index contributed by atoms with van der Waals surface area (Å²) in [7, 11) is 2.04. The molecule has 2 aromatic rings. The van der Waals surface area contributed by atoms with E-state index in [0.29, 0.717) is 6.04 Å². The fraction of sp³-hybridized carbons (Fsp3) is 0.600. The smallest absolute Gasteiger partial charge is 0.251 e. The number of aromatic nitrogens is 2. The van der Waals surface area contributed by atoms with Crippen LogP contribution in [0.25, 0.3) is 0 Å². The topological polar surface area (TPSA) is 46.9 Å². The van der Waals surface area contributed by atoms with Gasteiger partial charge < -0.3 is 5.32 Å². The number of hydrogen-bond acceptors (Lipinski definition) is 2. The lowest BCUT2D eigenvalue weighted by Crippen LogP contribution is -2.37. The molecule has 0 saturated heterocycles. The first-order valence-corrected chi connectivity index (χ1v) is 11.3. The van der Waals surface area contributed by atoms with Gasteiger partial charge in [-0.3, -0.25) is 9.48 Å². The van der Waals surface area contributed by atoms with E-state index in [2.05, 4.69) is 43.3 Å². The van der Waals surface area contributed by atoms with Crippen molar-refractivity contribution < 1.29 is 4.79 Å². The summed E-state index contributed by atoms with van der Waals surface area (Å²) in [6.07, 6.45) is 9.42. The Hall–Kier alpha value is -2.10. The van der Waals surface area contributed by atoms with E-state index < -0.39 is 0 Å². The molecule has 1 fully saturated rings. The van der Waals surface area contributed by atoms with Gasteiger partial charge in [-0.25, -0.2) is 0 Å². The Bertz CT molecular complexity index is 819. The van der Waals surface area contributed by atoms with Crippen LogP contribution >= 0.6 is 0 Å². The summed E-state index contributed by atoms with van der Waals surface area (Å²) in [5, 5.41) is 7.57. The maximum absolute atomic E-state index is 12.4. The third kappa shape index (κ3) is 5.29. The molecule has 4 nitrogen and oxygen atoms in total. The summed E-state index contributed by atoms with van der Waals surface area (Å²) in [5.74, 6) is 0.929. The van der Waals surface area contributed by atoms with Gasteiger partial charge >= 0.3 is 0 Å². The van der Waals surface area contributed by atoms with Crippen LogP contribution in [0.3, 0.4) is 0 Å². The Labute approximate surface area is 176 Å². The van der Waals surface area contributed by atoms with E-state index in [1.807, 2.05) is 24.7 Å². The SMILES string of the molecule is CCc1ccc(C)cc1C(=O)NC1CCC(C)CC1.Cc1nn(C)c2c1CCC2. The highest BCUT2D eigenvalue weighted by Crippen LogP contribution is 2.24. The fourth-order valence-electron chi connectivity index (χ4n) is 4.70. The molecular formula is C25H37N3O. The molecule has 2 aliphatic carbocycles. The van der Waals surface area contributed by atoms with E-state index in [1.54, 1.807) is 0 Å². The summed E-state index contributed by atoms with van der Waals surface area (Å²) in [6, 6.07) is 6.54. The second-order valence-electron chi connectivity index (χ2n) is 8.93. The normalized spacial score (nSPS) is 20.6. The van der Waals surface area contributed by atoms with E-state index in [9.17, 15) is 4.79 Å². The number of benzene rings is 1. The van der Waals surface area contributed by atoms with Crippen molar-refractivity contribution in [1.82, 2.24) is 15.1 Å². The van der Waals surface area contributed by atoms with E-state index in [4.69, 9.17) is 0 Å². The lowest BCUT2D eigenvalue weighted by atomic mass is 9.87. The predicted octanol–water partition coefficient (Wildman–Crippen LogP) is 5.08. The summed E-state index contributed by atoms with van der Waals surface area (Å²) in [5.41, 5.74) is 7.35. The minimum atomic E-state index is 0.111. The van der Waals surface area contributed by atoms with Gasteiger partial charge in [0.05, 0.1) is 5.69 Å². The number of rotatable bonds is 3. The number of hydrogen-bond donors (Lipinski definition) is 1. The van der Waals surface area contributed by atoms with Crippen molar-refractivity contribution in [3.63, 3.8) is 0 Å². The van der Waals surface area contributed by atoms with Crippen molar-refractivity contribution in [2.24, 2.45) is 13.0 Å². The highest BCUT2D eigenvalue weighted by Gasteiger charge is 2.21. The molecule has 1 N–H and O–H groups in total. The van der Waals surface area contributed by atoms with Crippen LogP contribution in [-0.2, 0) is 26.3 Å². The average molecular weight is 396 g/mol. The fourth-order valence-corrected chi connectivity index (χ4v) is 4.70. The second-order valence-corrected chi connectivity index (χ2v) is 8.93. The molecule has 1 saturated carbocycles. The number of fused-ring (bicyclic) bond motifs is 1. The molecular weight excluding hydrogens is 358 g/mol. The van der Waals surface area contributed by atoms with Crippen molar-refractivity contribution in [3.8, 4) is 0 Å². The molecule has 4 rings (SSSR count). The van der Waals surface area contributed by atoms with Gasteiger partial charge in [0.15, 0.2) is 0 Å². The molecule has 0 spiro atoms. The van der Waals surface area contributed by atoms with Gasteiger partial charge in [-0.05, 0) is 88.3 Å². The Kier molecular flexibility index (Phi) is 7.15. The molecule has 0 aliphatic heterocycles. The molecule has 4 heteroatoms. The quantitative estimate of drug-likeness (QED) is 0.787. The van der Waals surface area contributed by atoms with Crippen LogP contribution in [-0.4, -0.2) is 21.7 Å². The zero-order valence-electron chi connectivity index (χ0n) is 18.8. The molecule has 0 atom stereocenters. The van der Waals surface area contributed by atoms with Crippen molar-refractivity contribution in [1.29, 1.82) is 0 Å². The first kappa shape index (κ1) is 21.6. The molecule has 29 heavy (non-hydrogen) atoms. The van der Waals surface area contributed by atoms with Gasteiger partial charge in [-0.2, -0.15) is 5.10 Å². The van der Waals surface area contributed by atoms with Gasteiger partial charge in [0.1, 0.15) is 0 Å². The number of carbonyl (C=O) groups excluding carboxylic acids is 1. The van der Waals surface area contributed by atoms with Crippen molar-refractivity contribution >= 4 is 5.91 Å². The first-order valence-electron chi connectivity index (χ1n) is 11.3. The van der Waals surface area contributed by atoms with Crippen LogP contribution in [0.4, 0.5) is 0 Å². The Morgan fingerprint density at radius 1 is 1.17 bits per heavy atom. The van der Waals surface area contributed by atoms with Crippen LogP contribution in [0.5, 0.6) is 0 Å². The van der Waals surface area contributed by atoms with Crippen molar-refractivity contribution in [2.45, 2.75) is 85.1 Å². The van der Waals surface area contributed by atoms with Gasteiger partial charge in [0, 0.05) is 24.3 Å².